The summed E-state index contributed by atoms with van der Waals surface area (Å²) in [5, 5.41) is 0.412. The molecule has 0 aromatic heterocycles. The lowest BCUT2D eigenvalue weighted by atomic mass is 10.1. The standard InChI is InChI=1S/C28H26BrIN2O4S/c1-4-34-22-12-10-21(11-13-22)32-27(33)24(31(3)28(32)37)15-19-14-23(30)26(25(16-19)35-5-2)36-17-18-6-8-20(29)9-7-18/h6-16H,4-5,17H2,1-3H3/b24-15-. The van der Waals surface area contributed by atoms with Crippen LogP contribution in [-0.4, -0.2) is 36.2 Å². The van der Waals surface area contributed by atoms with E-state index in [4.69, 9.17) is 26.4 Å². The minimum atomic E-state index is -0.194. The molecule has 1 aliphatic rings. The number of amides is 1. The Balaban J connectivity index is 1.60. The first kappa shape index (κ1) is 27.4. The molecule has 1 fully saturated rings. The minimum Gasteiger partial charge on any atom is -0.494 e. The van der Waals surface area contributed by atoms with Crippen molar-refractivity contribution in [3.05, 3.63) is 85.5 Å². The maximum atomic E-state index is 13.4. The van der Waals surface area contributed by atoms with Crippen LogP contribution >= 0.6 is 50.7 Å². The van der Waals surface area contributed by atoms with Crippen LogP contribution in [0.1, 0.15) is 25.0 Å². The largest absolute Gasteiger partial charge is 0.494 e. The summed E-state index contributed by atoms with van der Waals surface area (Å²) in [4.78, 5) is 16.7. The van der Waals surface area contributed by atoms with Crippen LogP contribution < -0.4 is 19.1 Å². The second-order valence-corrected chi connectivity index (χ2v) is 10.6. The summed E-state index contributed by atoms with van der Waals surface area (Å²) in [5.74, 6) is 1.84. The number of carbonyl (C=O) groups is 1. The first-order valence-corrected chi connectivity index (χ1v) is 14.0. The first-order chi connectivity index (χ1) is 17.8. The fourth-order valence-corrected chi connectivity index (χ4v) is 5.14. The molecule has 3 aromatic rings. The van der Waals surface area contributed by atoms with Crippen molar-refractivity contribution in [2.75, 3.05) is 25.2 Å². The third-order valence-corrected chi connectivity index (χ3v) is 7.39. The van der Waals surface area contributed by atoms with Crippen molar-refractivity contribution in [2.24, 2.45) is 0 Å². The zero-order valence-corrected chi connectivity index (χ0v) is 25.2. The molecule has 0 unspecified atom stereocenters. The molecule has 1 aliphatic heterocycles. The average Bonchev–Trinajstić information content (AvgIpc) is 3.08. The zero-order valence-electron chi connectivity index (χ0n) is 20.7. The van der Waals surface area contributed by atoms with Crippen molar-refractivity contribution in [1.29, 1.82) is 0 Å². The van der Waals surface area contributed by atoms with E-state index in [1.165, 1.54) is 4.90 Å². The summed E-state index contributed by atoms with van der Waals surface area (Å²) in [6.07, 6.45) is 1.83. The normalized spacial score (nSPS) is 14.5. The third kappa shape index (κ3) is 6.27. The van der Waals surface area contributed by atoms with Crippen molar-refractivity contribution in [3.8, 4) is 17.2 Å². The number of thiocarbonyl (C=S) groups is 1. The van der Waals surface area contributed by atoms with Gasteiger partial charge in [0.05, 0.1) is 22.5 Å². The highest BCUT2D eigenvalue weighted by atomic mass is 127. The summed E-state index contributed by atoms with van der Waals surface area (Å²) in [6, 6.07) is 19.2. The van der Waals surface area contributed by atoms with Crippen molar-refractivity contribution in [2.45, 2.75) is 20.5 Å². The van der Waals surface area contributed by atoms with E-state index in [0.717, 1.165) is 24.9 Å². The Hall–Kier alpha value is -2.63. The van der Waals surface area contributed by atoms with E-state index in [1.54, 1.807) is 11.9 Å². The lowest BCUT2D eigenvalue weighted by Gasteiger charge is -2.17. The Morgan fingerprint density at radius 1 is 0.973 bits per heavy atom. The van der Waals surface area contributed by atoms with Crippen molar-refractivity contribution in [3.63, 3.8) is 0 Å². The SMILES string of the molecule is CCOc1ccc(N2C(=O)/C(=C/c3cc(I)c(OCc4ccc(Br)cc4)c(OCC)c3)N(C)C2=S)cc1. The van der Waals surface area contributed by atoms with Crippen LogP contribution in [0.25, 0.3) is 6.08 Å². The van der Waals surface area contributed by atoms with Gasteiger partial charge < -0.3 is 19.1 Å². The molecule has 9 heteroatoms. The van der Waals surface area contributed by atoms with Gasteiger partial charge in [-0.25, -0.2) is 0 Å². The fraction of sp³-hybridized carbons (Fsp3) is 0.214. The van der Waals surface area contributed by atoms with Crippen LogP contribution in [-0.2, 0) is 11.4 Å². The quantitative estimate of drug-likeness (QED) is 0.136. The van der Waals surface area contributed by atoms with Gasteiger partial charge in [0.2, 0.25) is 0 Å². The Labute approximate surface area is 244 Å². The van der Waals surface area contributed by atoms with E-state index in [9.17, 15) is 4.79 Å². The molecule has 0 bridgehead atoms. The molecular formula is C28H26BrIN2O4S. The molecule has 1 amide bonds. The second-order valence-electron chi connectivity index (χ2n) is 8.12. The molecule has 6 nitrogen and oxygen atoms in total. The van der Waals surface area contributed by atoms with Gasteiger partial charge in [-0.2, -0.15) is 0 Å². The van der Waals surface area contributed by atoms with Crippen LogP contribution in [0.2, 0.25) is 0 Å². The fourth-order valence-electron chi connectivity index (χ4n) is 3.81. The summed E-state index contributed by atoms with van der Waals surface area (Å²) >= 11 is 11.3. The number of benzene rings is 3. The average molecular weight is 693 g/mol. The topological polar surface area (TPSA) is 51.2 Å². The zero-order chi connectivity index (χ0) is 26.5. The summed E-state index contributed by atoms with van der Waals surface area (Å²) < 4.78 is 19.5. The predicted molar refractivity (Wildman–Crippen MR) is 162 cm³/mol. The Kier molecular flexibility index (Phi) is 9.09. The number of nitrogens with zero attached hydrogens (tertiary/aromatic N) is 2. The van der Waals surface area contributed by atoms with Crippen LogP contribution in [0, 0.1) is 3.57 Å². The smallest absolute Gasteiger partial charge is 0.281 e. The van der Waals surface area contributed by atoms with E-state index >= 15 is 0 Å². The van der Waals surface area contributed by atoms with Crippen LogP contribution in [0.3, 0.4) is 0 Å². The number of halogens is 2. The summed E-state index contributed by atoms with van der Waals surface area (Å²) in [7, 11) is 1.80. The molecule has 4 rings (SSSR count). The monoisotopic (exact) mass is 692 g/mol. The molecule has 0 atom stereocenters. The molecule has 0 N–H and O–H groups in total. The van der Waals surface area contributed by atoms with Gasteiger partial charge in [0.15, 0.2) is 16.6 Å². The number of hydrogen-bond acceptors (Lipinski definition) is 5. The van der Waals surface area contributed by atoms with Crippen molar-refractivity contribution >= 4 is 73.5 Å². The van der Waals surface area contributed by atoms with E-state index in [1.807, 2.05) is 80.6 Å². The highest BCUT2D eigenvalue weighted by Gasteiger charge is 2.36. The van der Waals surface area contributed by atoms with Gasteiger partial charge in [0.1, 0.15) is 18.1 Å². The van der Waals surface area contributed by atoms with Gasteiger partial charge in [-0.1, -0.05) is 28.1 Å². The van der Waals surface area contributed by atoms with Crippen molar-refractivity contribution in [1.82, 2.24) is 4.90 Å². The van der Waals surface area contributed by atoms with Gasteiger partial charge in [0, 0.05) is 11.5 Å². The maximum absolute atomic E-state index is 13.4. The van der Waals surface area contributed by atoms with Gasteiger partial charge in [-0.05, 0) is 114 Å². The van der Waals surface area contributed by atoms with Crippen molar-refractivity contribution < 1.29 is 19.0 Å². The predicted octanol–water partition coefficient (Wildman–Crippen LogP) is 7.03. The Morgan fingerprint density at radius 2 is 1.65 bits per heavy atom. The highest BCUT2D eigenvalue weighted by molar-refractivity contribution is 14.1. The van der Waals surface area contributed by atoms with Gasteiger partial charge >= 0.3 is 0 Å². The van der Waals surface area contributed by atoms with Gasteiger partial charge in [-0.15, -0.1) is 0 Å². The summed E-state index contributed by atoms with van der Waals surface area (Å²) in [6.45, 7) is 5.33. The molecule has 192 valence electrons. The van der Waals surface area contributed by atoms with Crippen LogP contribution in [0.5, 0.6) is 17.2 Å². The lowest BCUT2D eigenvalue weighted by Crippen LogP contribution is -2.31. The number of likely N-dealkylation sites (N-methyl/N-ethyl adjacent to an activating group) is 1. The van der Waals surface area contributed by atoms with E-state index in [0.29, 0.717) is 47.8 Å². The van der Waals surface area contributed by atoms with Gasteiger partial charge in [-0.3, -0.25) is 9.69 Å². The number of hydrogen-bond donors (Lipinski definition) is 0. The lowest BCUT2D eigenvalue weighted by molar-refractivity contribution is -0.114. The van der Waals surface area contributed by atoms with Crippen LogP contribution in [0.15, 0.2) is 70.8 Å². The molecule has 0 saturated carbocycles. The molecule has 37 heavy (non-hydrogen) atoms. The molecule has 1 heterocycles. The number of rotatable bonds is 9. The van der Waals surface area contributed by atoms with E-state index in [2.05, 4.69) is 38.5 Å². The first-order valence-electron chi connectivity index (χ1n) is 11.7. The second kappa shape index (κ2) is 12.3. The van der Waals surface area contributed by atoms with E-state index in [-0.39, 0.29) is 5.91 Å². The molecule has 3 aromatic carbocycles. The van der Waals surface area contributed by atoms with E-state index < -0.39 is 0 Å². The summed E-state index contributed by atoms with van der Waals surface area (Å²) in [5.41, 5.74) is 3.03. The maximum Gasteiger partial charge on any atom is 0.281 e. The highest BCUT2D eigenvalue weighted by Crippen LogP contribution is 2.37. The molecule has 0 spiro atoms. The number of ether oxygens (including phenoxy) is 3. The third-order valence-electron chi connectivity index (χ3n) is 5.60. The number of anilines is 1. The Bertz CT molecular complexity index is 1330. The minimum absolute atomic E-state index is 0.194. The van der Waals surface area contributed by atoms with Gasteiger partial charge in [0.25, 0.3) is 5.91 Å². The van der Waals surface area contributed by atoms with Crippen LogP contribution in [0.4, 0.5) is 5.69 Å². The molecule has 0 aliphatic carbocycles. The molecule has 0 radical (unpaired) electrons. The molecule has 1 saturated heterocycles. The number of carbonyl (C=O) groups excluding carboxylic acids is 1. The molecular weight excluding hydrogens is 667 g/mol. The Morgan fingerprint density at radius 3 is 2.30 bits per heavy atom.